The fourth-order valence-corrected chi connectivity index (χ4v) is 4.18. The fraction of sp³-hybridized carbons (Fsp3) is 0.350. The van der Waals surface area contributed by atoms with Gasteiger partial charge in [0.15, 0.2) is 0 Å². The van der Waals surface area contributed by atoms with Crippen LogP contribution in [0, 0.1) is 10.1 Å². The van der Waals surface area contributed by atoms with Crippen LogP contribution in [0.4, 0.5) is 17.1 Å². The Morgan fingerprint density at radius 1 is 1.17 bits per heavy atom. The number of nitro benzene ring substituents is 1. The lowest BCUT2D eigenvalue weighted by Gasteiger charge is -2.30. The summed E-state index contributed by atoms with van der Waals surface area (Å²) in [6, 6.07) is 11.5. The third-order valence-corrected chi connectivity index (χ3v) is 5.65. The quantitative estimate of drug-likeness (QED) is 0.515. The van der Waals surface area contributed by atoms with E-state index in [-0.39, 0.29) is 17.8 Å². The summed E-state index contributed by atoms with van der Waals surface area (Å²) in [4.78, 5) is 23.4. The maximum atomic E-state index is 12.9. The van der Waals surface area contributed by atoms with Gasteiger partial charge in [-0.25, -0.2) is 8.42 Å². The van der Waals surface area contributed by atoms with Crippen LogP contribution in [-0.2, 0) is 14.8 Å². The van der Waals surface area contributed by atoms with Crippen molar-refractivity contribution in [2.75, 3.05) is 15.9 Å². The molecular weight excluding hydrogens is 394 g/mol. The molecule has 0 heterocycles. The maximum absolute atomic E-state index is 12.9. The number of hydrogen-bond donors (Lipinski definition) is 1. The van der Waals surface area contributed by atoms with E-state index in [1.165, 1.54) is 18.2 Å². The fourth-order valence-electron chi connectivity index (χ4n) is 2.98. The van der Waals surface area contributed by atoms with Crippen molar-refractivity contribution in [3.8, 4) is 0 Å². The molecule has 0 saturated carbocycles. The smallest absolute Gasteiger partial charge is 0.271 e. The Morgan fingerprint density at radius 3 is 2.28 bits per heavy atom. The first-order chi connectivity index (χ1) is 13.5. The third-order valence-electron chi connectivity index (χ3n) is 4.47. The van der Waals surface area contributed by atoms with Crippen molar-refractivity contribution >= 4 is 33.0 Å². The highest BCUT2D eigenvalue weighted by Gasteiger charge is 2.32. The van der Waals surface area contributed by atoms with Gasteiger partial charge in [-0.3, -0.25) is 19.2 Å². The second kappa shape index (κ2) is 9.04. The normalized spacial score (nSPS) is 12.4. The van der Waals surface area contributed by atoms with Crippen LogP contribution in [0.25, 0.3) is 0 Å². The van der Waals surface area contributed by atoms with Gasteiger partial charge in [0.2, 0.25) is 15.9 Å². The first-order valence-electron chi connectivity index (χ1n) is 9.19. The van der Waals surface area contributed by atoms with Crippen LogP contribution in [0.5, 0.6) is 0 Å². The van der Waals surface area contributed by atoms with E-state index in [0.29, 0.717) is 11.6 Å². The average molecular weight is 420 g/mol. The second-order valence-electron chi connectivity index (χ2n) is 7.03. The van der Waals surface area contributed by atoms with E-state index in [4.69, 9.17) is 0 Å². The number of benzene rings is 2. The van der Waals surface area contributed by atoms with E-state index < -0.39 is 26.9 Å². The Kier molecular flexibility index (Phi) is 6.97. The Labute approximate surface area is 170 Å². The lowest BCUT2D eigenvalue weighted by Crippen LogP contribution is -2.47. The van der Waals surface area contributed by atoms with Crippen LogP contribution < -0.4 is 9.62 Å². The molecule has 8 nitrogen and oxygen atoms in total. The molecule has 2 aromatic rings. The number of carbonyl (C=O) groups excluding carboxylic acids is 1. The Balaban J connectivity index is 2.37. The minimum Gasteiger partial charge on any atom is -0.324 e. The molecule has 0 fully saturated rings. The van der Waals surface area contributed by atoms with Gasteiger partial charge in [0.05, 0.1) is 16.9 Å². The Bertz CT molecular complexity index is 987. The first kappa shape index (κ1) is 22.4. The zero-order valence-electron chi connectivity index (χ0n) is 16.8. The molecule has 1 N–H and O–H groups in total. The van der Waals surface area contributed by atoms with Crippen molar-refractivity contribution in [2.45, 2.75) is 39.2 Å². The van der Waals surface area contributed by atoms with Gasteiger partial charge in [-0.15, -0.1) is 0 Å². The van der Waals surface area contributed by atoms with Crippen molar-refractivity contribution in [1.29, 1.82) is 0 Å². The van der Waals surface area contributed by atoms with Crippen molar-refractivity contribution in [3.05, 3.63) is 64.2 Å². The minimum absolute atomic E-state index is 0.0684. The number of hydrogen-bond acceptors (Lipinski definition) is 5. The Hall–Kier alpha value is -2.94. The summed E-state index contributed by atoms with van der Waals surface area (Å²) in [7, 11) is -3.88. The van der Waals surface area contributed by atoms with E-state index in [2.05, 4.69) is 19.2 Å². The van der Waals surface area contributed by atoms with Gasteiger partial charge in [-0.1, -0.05) is 39.0 Å². The molecule has 2 aromatic carbocycles. The second-order valence-corrected chi connectivity index (χ2v) is 8.89. The molecule has 1 atom stereocenters. The monoisotopic (exact) mass is 419 g/mol. The molecule has 156 valence electrons. The van der Waals surface area contributed by atoms with Crippen LogP contribution in [0.1, 0.15) is 38.7 Å². The van der Waals surface area contributed by atoms with Gasteiger partial charge in [0, 0.05) is 17.8 Å². The molecule has 0 radical (unpaired) electrons. The van der Waals surface area contributed by atoms with E-state index >= 15 is 0 Å². The van der Waals surface area contributed by atoms with Crippen LogP contribution in [0.15, 0.2) is 48.5 Å². The summed E-state index contributed by atoms with van der Waals surface area (Å²) in [6.45, 7) is 5.80. The van der Waals surface area contributed by atoms with Gasteiger partial charge in [-0.05, 0) is 36.1 Å². The molecule has 0 aliphatic rings. The molecule has 0 saturated heterocycles. The lowest BCUT2D eigenvalue weighted by atomic mass is 10.0. The maximum Gasteiger partial charge on any atom is 0.271 e. The zero-order chi connectivity index (χ0) is 21.8. The number of nitrogens with zero attached hydrogens (tertiary/aromatic N) is 2. The number of sulfonamides is 1. The molecule has 1 amide bonds. The number of nitro groups is 1. The van der Waals surface area contributed by atoms with Crippen molar-refractivity contribution in [3.63, 3.8) is 0 Å². The number of carbonyl (C=O) groups is 1. The third kappa shape index (κ3) is 5.54. The Morgan fingerprint density at radius 2 is 1.79 bits per heavy atom. The van der Waals surface area contributed by atoms with Crippen LogP contribution >= 0.6 is 0 Å². The molecule has 0 aromatic heterocycles. The molecule has 0 aliphatic heterocycles. The van der Waals surface area contributed by atoms with Gasteiger partial charge in [0.1, 0.15) is 6.04 Å². The summed E-state index contributed by atoms with van der Waals surface area (Å²) in [6.07, 6.45) is 1.16. The molecule has 29 heavy (non-hydrogen) atoms. The standard InChI is InChI=1S/C20H25N3O5S/c1-5-19(20(24)21-16-11-9-15(10-12-16)14(2)3)22(29(4,27)28)17-7-6-8-18(13-17)23(25)26/h6-14,19H,5H2,1-4H3,(H,21,24). The molecular formula is C20H25N3O5S. The predicted molar refractivity (Wildman–Crippen MR) is 114 cm³/mol. The highest BCUT2D eigenvalue weighted by Crippen LogP contribution is 2.27. The predicted octanol–water partition coefficient (Wildman–Crippen LogP) is 3.90. The van der Waals surface area contributed by atoms with Gasteiger partial charge in [0.25, 0.3) is 5.69 Å². The topological polar surface area (TPSA) is 110 Å². The van der Waals surface area contributed by atoms with Crippen molar-refractivity contribution in [2.24, 2.45) is 0 Å². The molecule has 0 spiro atoms. The van der Waals surface area contributed by atoms with Crippen molar-refractivity contribution < 1.29 is 18.1 Å². The summed E-state index contributed by atoms with van der Waals surface area (Å²) < 4.78 is 25.9. The summed E-state index contributed by atoms with van der Waals surface area (Å²) >= 11 is 0. The van der Waals surface area contributed by atoms with Crippen molar-refractivity contribution in [1.82, 2.24) is 0 Å². The van der Waals surface area contributed by atoms with Gasteiger partial charge in [-0.2, -0.15) is 0 Å². The molecule has 2 rings (SSSR count). The largest absolute Gasteiger partial charge is 0.324 e. The first-order valence-corrected chi connectivity index (χ1v) is 11.0. The van der Waals surface area contributed by atoms with E-state index in [0.717, 1.165) is 22.2 Å². The number of nitrogens with one attached hydrogen (secondary N) is 1. The summed E-state index contributed by atoms with van der Waals surface area (Å²) in [5.41, 5.74) is 1.48. The number of amides is 1. The number of anilines is 2. The minimum atomic E-state index is -3.88. The molecule has 0 bridgehead atoms. The summed E-state index contributed by atoms with van der Waals surface area (Å²) in [5.74, 6) is -0.167. The van der Waals surface area contributed by atoms with E-state index in [9.17, 15) is 23.3 Å². The summed E-state index contributed by atoms with van der Waals surface area (Å²) in [5, 5.41) is 13.8. The SMILES string of the molecule is CCC(C(=O)Nc1ccc(C(C)C)cc1)N(c1cccc([N+](=O)[O-])c1)S(C)(=O)=O. The average Bonchev–Trinajstić information content (AvgIpc) is 2.65. The highest BCUT2D eigenvalue weighted by atomic mass is 32.2. The molecule has 0 aliphatic carbocycles. The van der Waals surface area contributed by atoms with Gasteiger partial charge < -0.3 is 5.32 Å². The number of rotatable bonds is 8. The molecule has 1 unspecified atom stereocenters. The van der Waals surface area contributed by atoms with Gasteiger partial charge >= 0.3 is 0 Å². The van der Waals surface area contributed by atoms with Crippen LogP contribution in [0.2, 0.25) is 0 Å². The molecule has 9 heteroatoms. The van der Waals surface area contributed by atoms with E-state index in [1.54, 1.807) is 19.1 Å². The zero-order valence-corrected chi connectivity index (χ0v) is 17.6. The highest BCUT2D eigenvalue weighted by molar-refractivity contribution is 7.92. The van der Waals surface area contributed by atoms with E-state index in [1.807, 2.05) is 12.1 Å². The van der Waals surface area contributed by atoms with Crippen LogP contribution in [0.3, 0.4) is 0 Å². The number of non-ortho nitro benzene ring substituents is 1. The lowest BCUT2D eigenvalue weighted by molar-refractivity contribution is -0.384. The van der Waals surface area contributed by atoms with Crippen LogP contribution in [-0.4, -0.2) is 31.5 Å².